The Balaban J connectivity index is 1.77. The smallest absolute Gasteiger partial charge is 0.314 e. The molecule has 1 aromatic carbocycles. The second kappa shape index (κ2) is 6.47. The molecule has 0 bridgehead atoms. The minimum absolute atomic E-state index is 0.0810. The molecular formula is C16H18ClN3O2S. The van der Waals surface area contributed by atoms with Gasteiger partial charge < -0.3 is 9.64 Å². The molecule has 2 N–H and O–H groups in total. The average Bonchev–Trinajstić information content (AvgIpc) is 3.16. The maximum Gasteiger partial charge on any atom is 0.314 e. The van der Waals surface area contributed by atoms with Crippen molar-refractivity contribution in [3.05, 3.63) is 35.5 Å². The molecule has 2 aromatic rings. The van der Waals surface area contributed by atoms with E-state index in [1.54, 1.807) is 11.3 Å². The number of nitrogens with two attached hydrogens (primary N) is 1. The Morgan fingerprint density at radius 1 is 1.52 bits per heavy atom. The van der Waals surface area contributed by atoms with Crippen LogP contribution in [0.4, 0.5) is 5.13 Å². The normalized spacial score (nSPS) is 20.7. The van der Waals surface area contributed by atoms with Crippen LogP contribution < -0.4 is 10.6 Å². The van der Waals surface area contributed by atoms with Crippen LogP contribution in [-0.2, 0) is 9.53 Å². The van der Waals surface area contributed by atoms with Gasteiger partial charge in [0.05, 0.1) is 10.3 Å². The van der Waals surface area contributed by atoms with Crippen molar-refractivity contribution in [1.29, 1.82) is 0 Å². The number of halogens is 1. The third kappa shape index (κ3) is 3.20. The largest absolute Gasteiger partial charge is 0.450 e. The van der Waals surface area contributed by atoms with E-state index in [-0.39, 0.29) is 12.7 Å². The number of thiazole rings is 1. The van der Waals surface area contributed by atoms with E-state index in [9.17, 15) is 4.79 Å². The number of aromatic nitrogens is 1. The molecular weight excluding hydrogens is 334 g/mol. The molecule has 1 atom stereocenters. The number of hydrogen-bond acceptors (Lipinski definition) is 6. The van der Waals surface area contributed by atoms with Crippen molar-refractivity contribution in [3.63, 3.8) is 0 Å². The molecule has 0 radical (unpaired) electrons. The van der Waals surface area contributed by atoms with Crippen molar-refractivity contribution in [2.45, 2.75) is 13.3 Å². The van der Waals surface area contributed by atoms with Crippen LogP contribution in [0.5, 0.6) is 0 Å². The number of esters is 1. The molecule has 7 heteroatoms. The van der Waals surface area contributed by atoms with Crippen LogP contribution >= 0.6 is 22.9 Å². The predicted molar refractivity (Wildman–Crippen MR) is 92.6 cm³/mol. The molecule has 1 aliphatic rings. The van der Waals surface area contributed by atoms with Crippen LogP contribution in [0.15, 0.2) is 30.5 Å². The fourth-order valence-electron chi connectivity index (χ4n) is 2.74. The topological polar surface area (TPSA) is 68.5 Å². The highest BCUT2D eigenvalue weighted by molar-refractivity contribution is 7.19. The molecule has 0 aliphatic carbocycles. The molecule has 3 rings (SSSR count). The van der Waals surface area contributed by atoms with Crippen molar-refractivity contribution in [1.82, 2.24) is 4.98 Å². The number of hydrogen-bond donors (Lipinski definition) is 1. The van der Waals surface area contributed by atoms with Gasteiger partial charge in [-0.05, 0) is 19.4 Å². The van der Waals surface area contributed by atoms with Gasteiger partial charge in [-0.15, -0.1) is 0 Å². The number of rotatable bonds is 4. The zero-order valence-corrected chi connectivity index (χ0v) is 14.4. The SMILES string of the molecule is CC1(C(=O)OCN)CCN(c2ncc(-c3ccccc3Cl)s2)C1. The Bertz CT molecular complexity index is 721. The van der Waals surface area contributed by atoms with Gasteiger partial charge in [-0.3, -0.25) is 10.5 Å². The van der Waals surface area contributed by atoms with Crippen molar-refractivity contribution in [2.75, 3.05) is 24.7 Å². The third-order valence-corrected chi connectivity index (χ3v) is 5.50. The highest BCUT2D eigenvalue weighted by Gasteiger charge is 2.42. The third-order valence-electron chi connectivity index (χ3n) is 4.08. The first kappa shape index (κ1) is 16.2. The van der Waals surface area contributed by atoms with Crippen LogP contribution in [0, 0.1) is 5.41 Å². The quantitative estimate of drug-likeness (QED) is 0.677. The van der Waals surface area contributed by atoms with Gasteiger partial charge in [-0.2, -0.15) is 0 Å². The molecule has 122 valence electrons. The first-order valence-corrected chi connectivity index (χ1v) is 8.56. The molecule has 0 spiro atoms. The molecule has 1 aliphatic heterocycles. The summed E-state index contributed by atoms with van der Waals surface area (Å²) in [5.41, 5.74) is 5.75. The van der Waals surface area contributed by atoms with Gasteiger partial charge in [-0.25, -0.2) is 4.98 Å². The van der Waals surface area contributed by atoms with Crippen LogP contribution in [0.2, 0.25) is 5.02 Å². The second-order valence-corrected chi connectivity index (χ2v) is 7.23. The molecule has 2 heterocycles. The monoisotopic (exact) mass is 351 g/mol. The zero-order chi connectivity index (χ0) is 16.4. The van der Waals surface area contributed by atoms with Crippen molar-refractivity contribution < 1.29 is 9.53 Å². The second-order valence-electron chi connectivity index (χ2n) is 5.82. The maximum atomic E-state index is 12.1. The Morgan fingerprint density at radius 3 is 3.04 bits per heavy atom. The Labute approximate surface area is 144 Å². The van der Waals surface area contributed by atoms with E-state index in [2.05, 4.69) is 9.88 Å². The Hall–Kier alpha value is -1.63. The molecule has 0 amide bonds. The van der Waals surface area contributed by atoms with Crippen molar-refractivity contribution in [2.24, 2.45) is 11.1 Å². The summed E-state index contributed by atoms with van der Waals surface area (Å²) in [5, 5.41) is 1.60. The molecule has 1 fully saturated rings. The van der Waals surface area contributed by atoms with Gasteiger partial charge >= 0.3 is 5.97 Å². The van der Waals surface area contributed by atoms with E-state index in [1.165, 1.54) is 0 Å². The first-order chi connectivity index (χ1) is 11.0. The summed E-state index contributed by atoms with van der Waals surface area (Å²) in [7, 11) is 0. The number of ether oxygens (including phenoxy) is 1. The molecule has 23 heavy (non-hydrogen) atoms. The maximum absolute atomic E-state index is 12.1. The van der Waals surface area contributed by atoms with Crippen molar-refractivity contribution >= 4 is 34.0 Å². The zero-order valence-electron chi connectivity index (χ0n) is 12.8. The highest BCUT2D eigenvalue weighted by Crippen LogP contribution is 2.39. The molecule has 5 nitrogen and oxygen atoms in total. The van der Waals surface area contributed by atoms with E-state index in [1.807, 2.05) is 37.4 Å². The predicted octanol–water partition coefficient (Wildman–Crippen LogP) is 3.14. The van der Waals surface area contributed by atoms with Crippen molar-refractivity contribution in [3.8, 4) is 10.4 Å². The first-order valence-electron chi connectivity index (χ1n) is 7.36. The number of carbonyl (C=O) groups is 1. The number of benzene rings is 1. The number of anilines is 1. The lowest BCUT2D eigenvalue weighted by atomic mass is 9.90. The standard InChI is InChI=1S/C16H18ClN3O2S/c1-16(14(21)22-10-18)6-7-20(9-16)15-19-8-13(23-15)11-4-2-3-5-12(11)17/h2-5,8H,6-7,9-10,18H2,1H3. The van der Waals surface area contributed by atoms with E-state index >= 15 is 0 Å². The highest BCUT2D eigenvalue weighted by atomic mass is 35.5. The fraction of sp³-hybridized carbons (Fsp3) is 0.375. The average molecular weight is 352 g/mol. The van der Waals surface area contributed by atoms with Gasteiger partial charge in [0, 0.05) is 29.9 Å². The summed E-state index contributed by atoms with van der Waals surface area (Å²) in [6.07, 6.45) is 2.56. The minimum atomic E-state index is -0.532. The molecule has 1 saturated heterocycles. The van der Waals surface area contributed by atoms with Gasteiger partial charge in [0.1, 0.15) is 6.73 Å². The summed E-state index contributed by atoms with van der Waals surface area (Å²) in [6, 6.07) is 7.71. The molecule has 1 aromatic heterocycles. The van der Waals surface area contributed by atoms with Gasteiger partial charge in [0.25, 0.3) is 0 Å². The lowest BCUT2D eigenvalue weighted by Gasteiger charge is -2.21. The summed E-state index contributed by atoms with van der Waals surface area (Å²) in [5.74, 6) is -0.245. The van der Waals surface area contributed by atoms with Crippen LogP contribution in [-0.4, -0.2) is 30.8 Å². The lowest BCUT2D eigenvalue weighted by molar-refractivity contribution is -0.153. The minimum Gasteiger partial charge on any atom is -0.450 e. The summed E-state index contributed by atoms with van der Waals surface area (Å²) < 4.78 is 4.98. The lowest BCUT2D eigenvalue weighted by Crippen LogP contribution is -2.34. The summed E-state index contributed by atoms with van der Waals surface area (Å²) >= 11 is 7.82. The van der Waals surface area contributed by atoms with Gasteiger partial charge in [0.2, 0.25) is 0 Å². The summed E-state index contributed by atoms with van der Waals surface area (Å²) in [6.45, 7) is 3.18. The van der Waals surface area contributed by atoms with E-state index < -0.39 is 5.41 Å². The van der Waals surface area contributed by atoms with Crippen LogP contribution in [0.1, 0.15) is 13.3 Å². The van der Waals surface area contributed by atoms with Gasteiger partial charge in [0.15, 0.2) is 5.13 Å². The van der Waals surface area contributed by atoms with E-state index in [0.29, 0.717) is 11.6 Å². The number of nitrogens with zero attached hydrogens (tertiary/aromatic N) is 2. The number of carbonyl (C=O) groups excluding carboxylic acids is 1. The van der Waals surface area contributed by atoms with Crippen LogP contribution in [0.25, 0.3) is 10.4 Å². The summed E-state index contributed by atoms with van der Waals surface area (Å²) in [4.78, 5) is 19.7. The van der Waals surface area contributed by atoms with Gasteiger partial charge in [-0.1, -0.05) is 41.1 Å². The van der Waals surface area contributed by atoms with E-state index in [4.69, 9.17) is 22.1 Å². The van der Waals surface area contributed by atoms with Crippen LogP contribution in [0.3, 0.4) is 0 Å². The fourth-order valence-corrected chi connectivity index (χ4v) is 4.01. The van der Waals surface area contributed by atoms with E-state index in [0.717, 1.165) is 28.5 Å². The Kier molecular flexibility index (Phi) is 4.57. The molecule has 1 unspecified atom stereocenters. The Morgan fingerprint density at radius 2 is 2.30 bits per heavy atom. The molecule has 0 saturated carbocycles.